The highest BCUT2D eigenvalue weighted by molar-refractivity contribution is 7.90. The minimum atomic E-state index is -3.75. The second kappa shape index (κ2) is 3.19. The van der Waals surface area contributed by atoms with Gasteiger partial charge in [-0.2, -0.15) is 4.31 Å². The molecule has 17 heavy (non-hydrogen) atoms. The summed E-state index contributed by atoms with van der Waals surface area (Å²) in [5.41, 5.74) is 0. The van der Waals surface area contributed by atoms with E-state index >= 15 is 0 Å². The zero-order valence-corrected chi connectivity index (χ0v) is 10.2. The molecule has 1 saturated heterocycles. The largest absolute Gasteiger partial charge is 0.273 e. The standard InChI is InChI=1S/C11H13NO4S/c1-2-17(15,16)12-10(13)8-6-3-4-7(5-6)9(8)11(12)14/h3-4,6-9H,2,5H2,1H3. The van der Waals surface area contributed by atoms with Crippen LogP contribution in [-0.2, 0) is 19.6 Å². The summed E-state index contributed by atoms with van der Waals surface area (Å²) in [6.07, 6.45) is 4.70. The van der Waals surface area contributed by atoms with E-state index in [1.54, 1.807) is 0 Å². The van der Waals surface area contributed by atoms with Crippen molar-refractivity contribution in [3.05, 3.63) is 12.2 Å². The van der Waals surface area contributed by atoms with Gasteiger partial charge in [0.2, 0.25) is 21.8 Å². The third-order valence-corrected chi connectivity index (χ3v) is 5.72. The molecule has 2 amide bonds. The molecule has 2 fully saturated rings. The molecule has 6 heteroatoms. The van der Waals surface area contributed by atoms with E-state index in [-0.39, 0.29) is 17.6 Å². The van der Waals surface area contributed by atoms with Crippen LogP contribution < -0.4 is 0 Å². The fraction of sp³-hybridized carbons (Fsp3) is 0.636. The van der Waals surface area contributed by atoms with Crippen LogP contribution in [0.5, 0.6) is 0 Å². The zero-order chi connectivity index (χ0) is 12.4. The number of amides is 2. The average molecular weight is 255 g/mol. The number of hydrogen-bond donors (Lipinski definition) is 0. The number of imide groups is 1. The van der Waals surface area contributed by atoms with Crippen molar-refractivity contribution in [2.24, 2.45) is 23.7 Å². The van der Waals surface area contributed by atoms with Gasteiger partial charge in [0.15, 0.2) is 0 Å². The maximum absolute atomic E-state index is 12.1. The first-order valence-corrected chi connectivity index (χ1v) is 7.37. The van der Waals surface area contributed by atoms with Crippen molar-refractivity contribution in [1.82, 2.24) is 4.31 Å². The maximum Gasteiger partial charge on any atom is 0.247 e. The molecular formula is C11H13NO4S. The molecule has 2 bridgehead atoms. The molecule has 4 unspecified atom stereocenters. The summed E-state index contributed by atoms with van der Waals surface area (Å²) >= 11 is 0. The van der Waals surface area contributed by atoms with Crippen molar-refractivity contribution in [3.63, 3.8) is 0 Å². The first-order valence-electron chi connectivity index (χ1n) is 5.76. The Bertz CT molecular complexity index is 506. The predicted octanol–water partition coefficient (Wildman–Crippen LogP) is 0.143. The molecule has 0 aromatic heterocycles. The van der Waals surface area contributed by atoms with Crippen molar-refractivity contribution >= 4 is 21.8 Å². The third-order valence-electron chi connectivity index (χ3n) is 4.07. The lowest BCUT2D eigenvalue weighted by Crippen LogP contribution is -2.39. The fourth-order valence-electron chi connectivity index (χ4n) is 3.28. The number of carbonyl (C=O) groups is 2. The maximum atomic E-state index is 12.1. The van der Waals surface area contributed by atoms with Crippen LogP contribution in [-0.4, -0.2) is 30.3 Å². The molecule has 0 radical (unpaired) electrons. The van der Waals surface area contributed by atoms with Gasteiger partial charge in [-0.25, -0.2) is 8.42 Å². The second-order valence-electron chi connectivity index (χ2n) is 4.84. The van der Waals surface area contributed by atoms with Gasteiger partial charge in [-0.1, -0.05) is 12.2 Å². The van der Waals surface area contributed by atoms with E-state index in [1.165, 1.54) is 6.92 Å². The van der Waals surface area contributed by atoms with Gasteiger partial charge in [-0.3, -0.25) is 9.59 Å². The van der Waals surface area contributed by atoms with Crippen LogP contribution in [0.4, 0.5) is 0 Å². The first kappa shape index (κ1) is 11.0. The third kappa shape index (κ3) is 1.21. The zero-order valence-electron chi connectivity index (χ0n) is 9.37. The van der Waals surface area contributed by atoms with Crippen LogP contribution in [0.3, 0.4) is 0 Å². The topological polar surface area (TPSA) is 71.5 Å². The van der Waals surface area contributed by atoms with E-state index in [4.69, 9.17) is 0 Å². The van der Waals surface area contributed by atoms with Crippen LogP contribution in [0, 0.1) is 23.7 Å². The number of rotatable bonds is 2. The van der Waals surface area contributed by atoms with Crippen molar-refractivity contribution in [2.75, 3.05) is 5.75 Å². The quantitative estimate of drug-likeness (QED) is 0.520. The number of nitrogens with zero attached hydrogens (tertiary/aromatic N) is 1. The summed E-state index contributed by atoms with van der Waals surface area (Å²) in [5, 5.41) is 0. The number of carbonyl (C=O) groups excluding carboxylic acids is 2. The Morgan fingerprint density at radius 3 is 2.06 bits per heavy atom. The fourth-order valence-corrected chi connectivity index (χ4v) is 4.33. The van der Waals surface area contributed by atoms with Crippen LogP contribution >= 0.6 is 0 Å². The average Bonchev–Trinajstić information content (AvgIpc) is 2.92. The van der Waals surface area contributed by atoms with E-state index in [0.717, 1.165) is 6.42 Å². The minimum absolute atomic E-state index is 0.0542. The van der Waals surface area contributed by atoms with Gasteiger partial charge in [0.05, 0.1) is 17.6 Å². The summed E-state index contributed by atoms with van der Waals surface area (Å²) in [7, 11) is -3.75. The van der Waals surface area contributed by atoms with Gasteiger partial charge in [0.1, 0.15) is 0 Å². The Hall–Kier alpha value is -1.17. The van der Waals surface area contributed by atoms with Gasteiger partial charge in [-0.15, -0.1) is 0 Å². The molecule has 4 atom stereocenters. The molecule has 1 saturated carbocycles. The summed E-state index contributed by atoms with van der Waals surface area (Å²) in [6.45, 7) is 1.44. The summed E-state index contributed by atoms with van der Waals surface area (Å²) in [6, 6.07) is 0. The van der Waals surface area contributed by atoms with Gasteiger partial charge in [-0.05, 0) is 25.2 Å². The number of hydrogen-bond acceptors (Lipinski definition) is 4. The Kier molecular flexibility index (Phi) is 2.05. The lowest BCUT2D eigenvalue weighted by molar-refractivity contribution is -0.134. The van der Waals surface area contributed by atoms with Crippen molar-refractivity contribution in [1.29, 1.82) is 0 Å². The van der Waals surface area contributed by atoms with Gasteiger partial charge in [0, 0.05) is 0 Å². The Morgan fingerprint density at radius 2 is 1.65 bits per heavy atom. The van der Waals surface area contributed by atoms with E-state index in [2.05, 4.69) is 0 Å². The Labute approximate surface area is 99.5 Å². The molecule has 0 aromatic carbocycles. The molecule has 1 heterocycles. The number of sulfonamides is 1. The molecule has 3 rings (SSSR count). The van der Waals surface area contributed by atoms with Crippen molar-refractivity contribution < 1.29 is 18.0 Å². The molecular weight excluding hydrogens is 242 g/mol. The highest BCUT2D eigenvalue weighted by Gasteiger charge is 2.61. The molecule has 0 N–H and O–H groups in total. The van der Waals surface area contributed by atoms with Crippen LogP contribution in [0.15, 0.2) is 12.2 Å². The minimum Gasteiger partial charge on any atom is -0.273 e. The lowest BCUT2D eigenvalue weighted by atomic mass is 9.85. The predicted molar refractivity (Wildman–Crippen MR) is 59.0 cm³/mol. The van der Waals surface area contributed by atoms with Crippen LogP contribution in [0.1, 0.15) is 13.3 Å². The van der Waals surface area contributed by atoms with E-state index in [0.29, 0.717) is 4.31 Å². The van der Waals surface area contributed by atoms with Crippen LogP contribution in [0.2, 0.25) is 0 Å². The molecule has 0 aromatic rings. The molecule has 92 valence electrons. The molecule has 2 aliphatic carbocycles. The molecule has 5 nitrogen and oxygen atoms in total. The Morgan fingerprint density at radius 1 is 1.18 bits per heavy atom. The second-order valence-corrected chi connectivity index (χ2v) is 6.95. The molecule has 3 aliphatic rings. The van der Waals surface area contributed by atoms with Gasteiger partial charge in [0.25, 0.3) is 0 Å². The monoisotopic (exact) mass is 255 g/mol. The normalized spacial score (nSPS) is 39.2. The molecule has 1 aliphatic heterocycles. The van der Waals surface area contributed by atoms with E-state index < -0.39 is 33.7 Å². The number of fused-ring (bicyclic) bond motifs is 5. The SMILES string of the molecule is CCS(=O)(=O)N1C(=O)C2C3C=CC(C3)C2C1=O. The van der Waals surface area contributed by atoms with Crippen molar-refractivity contribution in [2.45, 2.75) is 13.3 Å². The van der Waals surface area contributed by atoms with Crippen LogP contribution in [0.25, 0.3) is 0 Å². The van der Waals surface area contributed by atoms with Gasteiger partial charge < -0.3 is 0 Å². The van der Waals surface area contributed by atoms with Gasteiger partial charge >= 0.3 is 0 Å². The first-order chi connectivity index (χ1) is 7.97. The van der Waals surface area contributed by atoms with Crippen molar-refractivity contribution in [3.8, 4) is 0 Å². The lowest BCUT2D eigenvalue weighted by Gasteiger charge is -2.15. The number of allylic oxidation sites excluding steroid dienone is 2. The summed E-state index contributed by atoms with van der Waals surface area (Å²) in [5.74, 6) is -2.00. The van der Waals surface area contributed by atoms with E-state index in [9.17, 15) is 18.0 Å². The Balaban J connectivity index is 2.04. The van der Waals surface area contributed by atoms with E-state index in [1.807, 2.05) is 12.2 Å². The highest BCUT2D eigenvalue weighted by atomic mass is 32.2. The summed E-state index contributed by atoms with van der Waals surface area (Å²) in [4.78, 5) is 24.2. The smallest absolute Gasteiger partial charge is 0.247 e. The highest BCUT2D eigenvalue weighted by Crippen LogP contribution is 2.52. The summed E-state index contributed by atoms with van der Waals surface area (Å²) < 4.78 is 24.0. The molecule has 0 spiro atoms.